The molecule has 0 unspecified atom stereocenters. The van der Waals surface area contributed by atoms with Gasteiger partial charge in [-0.05, 0) is 91.3 Å². The monoisotopic (exact) mass is 398 g/mol. The molecule has 0 aromatic carbocycles. The first-order valence-electron chi connectivity index (χ1n) is 12.8. The van der Waals surface area contributed by atoms with Crippen LogP contribution in [0.5, 0.6) is 0 Å². The van der Waals surface area contributed by atoms with E-state index in [1.807, 2.05) is 0 Å². The topological polar surface area (TPSA) is 20.2 Å². The lowest BCUT2D eigenvalue weighted by Crippen LogP contribution is -2.46. The van der Waals surface area contributed by atoms with Gasteiger partial charge in [0.15, 0.2) is 0 Å². The van der Waals surface area contributed by atoms with Crippen LogP contribution in [0, 0.1) is 46.3 Å². The van der Waals surface area contributed by atoms with E-state index in [-0.39, 0.29) is 6.10 Å². The summed E-state index contributed by atoms with van der Waals surface area (Å²) < 4.78 is 0. The van der Waals surface area contributed by atoms with Gasteiger partial charge in [0.25, 0.3) is 0 Å². The normalized spacial score (nSPS) is 43.7. The van der Waals surface area contributed by atoms with Crippen LogP contribution in [0.25, 0.3) is 0 Å². The number of rotatable bonds is 5. The molecular weight excluding hydrogens is 352 g/mol. The second kappa shape index (κ2) is 7.85. The van der Waals surface area contributed by atoms with Gasteiger partial charge in [-0.25, -0.2) is 0 Å². The van der Waals surface area contributed by atoms with Crippen LogP contribution >= 0.6 is 0 Å². The van der Waals surface area contributed by atoms with Crippen LogP contribution in [0.4, 0.5) is 0 Å². The number of hydrogen-bond acceptors (Lipinski definition) is 1. The molecule has 3 fully saturated rings. The molecule has 1 heteroatoms. The minimum Gasteiger partial charge on any atom is -0.393 e. The molecule has 4 rings (SSSR count). The van der Waals surface area contributed by atoms with Crippen LogP contribution < -0.4 is 0 Å². The predicted octanol–water partition coefficient (Wildman–Crippen LogP) is 7.55. The van der Waals surface area contributed by atoms with E-state index in [2.05, 4.69) is 53.7 Å². The van der Waals surface area contributed by atoms with Crippen LogP contribution in [0.3, 0.4) is 0 Å². The lowest BCUT2D eigenvalue weighted by molar-refractivity contribution is 0.0317. The molecule has 0 aliphatic heterocycles. The number of fused-ring (bicyclic) bond motifs is 5. The highest BCUT2D eigenvalue weighted by atomic mass is 16.3. The number of allylic oxidation sites excluding steroid dienone is 3. The van der Waals surface area contributed by atoms with E-state index >= 15 is 0 Å². The molecular formula is C28H46O. The fourth-order valence-corrected chi connectivity index (χ4v) is 8.02. The highest BCUT2D eigenvalue weighted by Crippen LogP contribution is 2.66. The molecule has 0 bridgehead atoms. The summed E-state index contributed by atoms with van der Waals surface area (Å²) in [6.07, 6.45) is 16.4. The van der Waals surface area contributed by atoms with Gasteiger partial charge in [-0.3, -0.25) is 0 Å². The maximum absolute atomic E-state index is 10.2. The Morgan fingerprint density at radius 2 is 1.69 bits per heavy atom. The highest BCUT2D eigenvalue weighted by Gasteiger charge is 2.56. The Labute approximate surface area is 180 Å². The Morgan fingerprint density at radius 1 is 0.931 bits per heavy atom. The summed E-state index contributed by atoms with van der Waals surface area (Å²) in [4.78, 5) is 0. The van der Waals surface area contributed by atoms with E-state index < -0.39 is 0 Å². The first kappa shape index (κ1) is 21.7. The molecule has 1 N–H and O–H groups in total. The zero-order chi connectivity index (χ0) is 21.0. The van der Waals surface area contributed by atoms with Gasteiger partial charge in [0.05, 0.1) is 6.10 Å². The van der Waals surface area contributed by atoms with E-state index in [1.165, 1.54) is 44.9 Å². The van der Waals surface area contributed by atoms with E-state index in [9.17, 15) is 5.11 Å². The van der Waals surface area contributed by atoms with Gasteiger partial charge in [-0.2, -0.15) is 0 Å². The second-order valence-electron chi connectivity index (χ2n) is 12.3. The Hall–Kier alpha value is -0.560. The first-order valence-corrected chi connectivity index (χ1v) is 12.8. The Kier molecular flexibility index (Phi) is 5.86. The van der Waals surface area contributed by atoms with Crippen molar-refractivity contribution in [1.82, 2.24) is 0 Å². The molecule has 29 heavy (non-hydrogen) atoms. The highest BCUT2D eigenvalue weighted by molar-refractivity contribution is 5.38. The Bertz CT molecular complexity index is 672. The molecule has 164 valence electrons. The van der Waals surface area contributed by atoms with Gasteiger partial charge in [-0.1, -0.05) is 77.7 Å². The molecule has 0 heterocycles. The number of hydrogen-bond donors (Lipinski definition) is 1. The van der Waals surface area contributed by atoms with Crippen LogP contribution in [0.15, 0.2) is 23.3 Å². The third-order valence-electron chi connectivity index (χ3n) is 10.5. The summed E-state index contributed by atoms with van der Waals surface area (Å²) in [6.45, 7) is 14.9. The molecule has 0 spiro atoms. The van der Waals surface area contributed by atoms with Gasteiger partial charge in [-0.15, -0.1) is 0 Å². The van der Waals surface area contributed by atoms with Crippen molar-refractivity contribution < 1.29 is 5.11 Å². The zero-order valence-electron chi connectivity index (χ0n) is 20.0. The van der Waals surface area contributed by atoms with Crippen molar-refractivity contribution in [3.63, 3.8) is 0 Å². The minimum atomic E-state index is -0.108. The second-order valence-corrected chi connectivity index (χ2v) is 12.3. The molecule has 8 atom stereocenters. The number of aliphatic hydroxyl groups is 1. The van der Waals surface area contributed by atoms with E-state index in [0.29, 0.717) is 10.8 Å². The third-order valence-corrected chi connectivity index (χ3v) is 10.5. The Balaban J connectivity index is 1.52. The predicted molar refractivity (Wildman–Crippen MR) is 124 cm³/mol. The van der Waals surface area contributed by atoms with E-state index in [1.54, 1.807) is 11.1 Å². The third kappa shape index (κ3) is 3.58. The summed E-state index contributed by atoms with van der Waals surface area (Å²) in [5.74, 6) is 4.97. The van der Waals surface area contributed by atoms with Crippen molar-refractivity contribution in [1.29, 1.82) is 0 Å². The van der Waals surface area contributed by atoms with Gasteiger partial charge >= 0.3 is 0 Å². The van der Waals surface area contributed by atoms with E-state index in [0.717, 1.165) is 48.3 Å². The van der Waals surface area contributed by atoms with Gasteiger partial charge in [0, 0.05) is 0 Å². The van der Waals surface area contributed by atoms with Gasteiger partial charge in [0.1, 0.15) is 0 Å². The molecule has 1 nitrogen and oxygen atoms in total. The summed E-state index contributed by atoms with van der Waals surface area (Å²) in [7, 11) is 0. The maximum Gasteiger partial charge on any atom is 0.0578 e. The molecule has 0 amide bonds. The minimum absolute atomic E-state index is 0.108. The van der Waals surface area contributed by atoms with Crippen molar-refractivity contribution in [3.05, 3.63) is 23.3 Å². The van der Waals surface area contributed by atoms with Crippen LogP contribution in [0.1, 0.15) is 99.3 Å². The average molecular weight is 399 g/mol. The summed E-state index contributed by atoms with van der Waals surface area (Å²) in [6, 6.07) is 0. The summed E-state index contributed by atoms with van der Waals surface area (Å²) >= 11 is 0. The number of aliphatic hydroxyl groups excluding tert-OH is 1. The fraction of sp³-hybridized carbons (Fsp3) is 0.857. The standard InChI is InChI=1S/C28H46O/c1-18(2)19(3)7-8-20(4)24-11-12-25-23-10-9-21-17-22(29)13-15-27(21,5)26(23)14-16-28(24,25)6/h9-10,18-20,22,24-26,29H,7-8,11-17H2,1-6H3/t19-,20-,22+,24-,25+,26+,27+,28-/m1/s1. The fourth-order valence-electron chi connectivity index (χ4n) is 8.02. The molecule has 3 saturated carbocycles. The van der Waals surface area contributed by atoms with Crippen LogP contribution in [0.2, 0.25) is 0 Å². The molecule has 0 aromatic rings. The van der Waals surface area contributed by atoms with Crippen molar-refractivity contribution in [2.24, 2.45) is 46.3 Å². The van der Waals surface area contributed by atoms with Crippen LogP contribution in [-0.2, 0) is 0 Å². The maximum atomic E-state index is 10.2. The van der Waals surface area contributed by atoms with Crippen molar-refractivity contribution >= 4 is 0 Å². The van der Waals surface area contributed by atoms with Crippen molar-refractivity contribution in [3.8, 4) is 0 Å². The molecule has 0 saturated heterocycles. The molecule has 0 aromatic heterocycles. The quantitative estimate of drug-likeness (QED) is 0.506. The van der Waals surface area contributed by atoms with Crippen molar-refractivity contribution in [2.75, 3.05) is 0 Å². The first-order chi connectivity index (χ1) is 13.7. The lowest BCUT2D eigenvalue weighted by Gasteiger charge is -2.55. The van der Waals surface area contributed by atoms with Gasteiger partial charge in [0.2, 0.25) is 0 Å². The smallest absolute Gasteiger partial charge is 0.0578 e. The zero-order valence-corrected chi connectivity index (χ0v) is 20.0. The van der Waals surface area contributed by atoms with Crippen molar-refractivity contribution in [2.45, 2.75) is 105 Å². The average Bonchev–Trinajstić information content (AvgIpc) is 3.03. The lowest BCUT2D eigenvalue weighted by atomic mass is 9.50. The van der Waals surface area contributed by atoms with E-state index in [4.69, 9.17) is 0 Å². The molecule has 4 aliphatic carbocycles. The summed E-state index contributed by atoms with van der Waals surface area (Å²) in [5.41, 5.74) is 4.17. The largest absolute Gasteiger partial charge is 0.393 e. The Morgan fingerprint density at radius 3 is 2.41 bits per heavy atom. The molecule has 4 aliphatic rings. The van der Waals surface area contributed by atoms with Crippen LogP contribution in [-0.4, -0.2) is 11.2 Å². The SMILES string of the molecule is CC(C)[C@H](C)CC[C@@H](C)[C@H]1CC[C@H]2C3=CC=C4C[C@@H](O)CC[C@]4(C)[C@H]3CC[C@]12C. The van der Waals surface area contributed by atoms with Gasteiger partial charge < -0.3 is 5.11 Å². The molecule has 0 radical (unpaired) electrons. The summed E-state index contributed by atoms with van der Waals surface area (Å²) in [5, 5.41) is 10.2.